The second kappa shape index (κ2) is 4.65. The Morgan fingerprint density at radius 2 is 2.43 bits per heavy atom. The van der Waals surface area contributed by atoms with Crippen LogP contribution in [-0.2, 0) is 0 Å². The molecule has 1 unspecified atom stereocenters. The highest BCUT2D eigenvalue weighted by Crippen LogP contribution is 2.23. The topological polar surface area (TPSA) is 16.1 Å². The third-order valence-electron chi connectivity index (χ3n) is 2.78. The molecule has 2 heterocycles. The van der Waals surface area contributed by atoms with Crippen LogP contribution >= 0.6 is 11.6 Å². The van der Waals surface area contributed by atoms with E-state index < -0.39 is 0 Å². The van der Waals surface area contributed by atoms with E-state index >= 15 is 0 Å². The van der Waals surface area contributed by atoms with Crippen LogP contribution in [0.1, 0.15) is 12.8 Å². The Morgan fingerprint density at radius 1 is 1.50 bits per heavy atom. The second-order valence-electron chi connectivity index (χ2n) is 3.77. The van der Waals surface area contributed by atoms with Gasteiger partial charge in [-0.2, -0.15) is 0 Å². The van der Waals surface area contributed by atoms with Gasteiger partial charge in [0.15, 0.2) is 0 Å². The average molecular weight is 211 g/mol. The first-order valence-electron chi connectivity index (χ1n) is 5.12. The first-order chi connectivity index (χ1) is 6.90. The lowest BCUT2D eigenvalue weighted by molar-refractivity contribution is 0.572. The van der Waals surface area contributed by atoms with Gasteiger partial charge < -0.3 is 4.90 Å². The highest BCUT2D eigenvalue weighted by Gasteiger charge is 2.22. The molecule has 0 aliphatic carbocycles. The summed E-state index contributed by atoms with van der Waals surface area (Å²) in [5, 5.41) is 0. The van der Waals surface area contributed by atoms with E-state index in [-0.39, 0.29) is 0 Å². The molecular formula is C11H15ClN2. The fraction of sp³-hybridized carbons (Fsp3) is 0.545. The zero-order chi connectivity index (χ0) is 9.80. The third kappa shape index (κ3) is 2.18. The van der Waals surface area contributed by atoms with Gasteiger partial charge in [-0.25, -0.2) is 4.98 Å². The number of hydrogen-bond donors (Lipinski definition) is 0. The number of rotatable bonds is 3. The number of aromatic nitrogens is 1. The van der Waals surface area contributed by atoms with Gasteiger partial charge in [-0.1, -0.05) is 6.07 Å². The minimum atomic E-state index is 0.759. The fourth-order valence-corrected chi connectivity index (χ4v) is 2.28. The summed E-state index contributed by atoms with van der Waals surface area (Å²) in [4.78, 5) is 6.69. The van der Waals surface area contributed by atoms with Crippen molar-refractivity contribution in [1.29, 1.82) is 0 Å². The summed E-state index contributed by atoms with van der Waals surface area (Å²) in [6, 6.07) is 6.07. The van der Waals surface area contributed by atoms with E-state index in [2.05, 4.69) is 16.0 Å². The second-order valence-corrected chi connectivity index (χ2v) is 4.14. The average Bonchev–Trinajstić information content (AvgIpc) is 2.68. The van der Waals surface area contributed by atoms with Crippen LogP contribution in [0, 0.1) is 5.92 Å². The Bertz CT molecular complexity index is 276. The van der Waals surface area contributed by atoms with Crippen LogP contribution in [0.4, 0.5) is 5.82 Å². The van der Waals surface area contributed by atoms with Crippen molar-refractivity contribution in [2.45, 2.75) is 12.8 Å². The molecular weight excluding hydrogens is 196 g/mol. The number of hydrogen-bond acceptors (Lipinski definition) is 2. The van der Waals surface area contributed by atoms with Crippen LogP contribution in [0.2, 0.25) is 0 Å². The Kier molecular flexibility index (Phi) is 3.25. The van der Waals surface area contributed by atoms with Gasteiger partial charge in [-0.05, 0) is 30.9 Å². The van der Waals surface area contributed by atoms with Gasteiger partial charge in [0.2, 0.25) is 0 Å². The zero-order valence-electron chi connectivity index (χ0n) is 8.19. The third-order valence-corrected chi connectivity index (χ3v) is 2.99. The van der Waals surface area contributed by atoms with E-state index in [0.717, 1.165) is 37.1 Å². The van der Waals surface area contributed by atoms with Crippen molar-refractivity contribution in [2.75, 3.05) is 23.9 Å². The molecule has 1 aliphatic rings. The molecule has 0 saturated carbocycles. The standard InChI is InChI=1S/C11H15ClN2/c12-6-4-10-5-8-14(9-10)11-3-1-2-7-13-11/h1-3,7,10H,4-6,8-9H2. The lowest BCUT2D eigenvalue weighted by atomic mass is 10.1. The fourth-order valence-electron chi connectivity index (χ4n) is 1.97. The highest BCUT2D eigenvalue weighted by molar-refractivity contribution is 6.17. The molecule has 2 nitrogen and oxygen atoms in total. The summed E-state index contributed by atoms with van der Waals surface area (Å²) in [5.41, 5.74) is 0. The molecule has 0 amide bonds. The molecule has 2 rings (SSSR count). The molecule has 0 bridgehead atoms. The summed E-state index contributed by atoms with van der Waals surface area (Å²) in [7, 11) is 0. The molecule has 0 spiro atoms. The molecule has 14 heavy (non-hydrogen) atoms. The van der Waals surface area contributed by atoms with E-state index in [0.29, 0.717) is 0 Å². The summed E-state index contributed by atoms with van der Waals surface area (Å²) >= 11 is 5.74. The quantitative estimate of drug-likeness (QED) is 0.713. The summed E-state index contributed by atoms with van der Waals surface area (Å²) in [5.74, 6) is 2.64. The molecule has 0 N–H and O–H groups in total. The highest BCUT2D eigenvalue weighted by atomic mass is 35.5. The van der Waals surface area contributed by atoms with Crippen LogP contribution < -0.4 is 4.90 Å². The molecule has 1 fully saturated rings. The molecule has 1 aromatic rings. The summed E-state index contributed by atoms with van der Waals surface area (Å²) < 4.78 is 0. The first kappa shape index (κ1) is 9.78. The lowest BCUT2D eigenvalue weighted by Gasteiger charge is -2.16. The maximum atomic E-state index is 5.74. The Balaban J connectivity index is 1.96. The van der Waals surface area contributed by atoms with E-state index in [1.807, 2.05) is 18.3 Å². The molecule has 76 valence electrons. The van der Waals surface area contributed by atoms with Crippen molar-refractivity contribution in [1.82, 2.24) is 4.98 Å². The lowest BCUT2D eigenvalue weighted by Crippen LogP contribution is -2.20. The molecule has 1 aliphatic heterocycles. The van der Waals surface area contributed by atoms with E-state index in [1.54, 1.807) is 0 Å². The maximum Gasteiger partial charge on any atom is 0.128 e. The van der Waals surface area contributed by atoms with E-state index in [9.17, 15) is 0 Å². The van der Waals surface area contributed by atoms with Crippen molar-refractivity contribution in [2.24, 2.45) is 5.92 Å². The maximum absolute atomic E-state index is 5.74. The van der Waals surface area contributed by atoms with Gasteiger partial charge >= 0.3 is 0 Å². The molecule has 1 saturated heterocycles. The predicted octanol–water partition coefficient (Wildman–Crippen LogP) is 2.54. The smallest absolute Gasteiger partial charge is 0.128 e. The van der Waals surface area contributed by atoms with Crippen LogP contribution in [0.3, 0.4) is 0 Å². The predicted molar refractivity (Wildman–Crippen MR) is 59.9 cm³/mol. The van der Waals surface area contributed by atoms with Gasteiger partial charge in [0.1, 0.15) is 5.82 Å². The molecule has 3 heteroatoms. The summed E-state index contributed by atoms with van der Waals surface area (Å²) in [6.07, 6.45) is 4.23. The van der Waals surface area contributed by atoms with Crippen LogP contribution in [0.5, 0.6) is 0 Å². The Labute approximate surface area is 89.9 Å². The van der Waals surface area contributed by atoms with Gasteiger partial charge in [-0.3, -0.25) is 0 Å². The first-order valence-corrected chi connectivity index (χ1v) is 5.65. The molecule has 1 aromatic heterocycles. The number of alkyl halides is 1. The van der Waals surface area contributed by atoms with Gasteiger partial charge in [0.05, 0.1) is 0 Å². The number of nitrogens with zero attached hydrogens (tertiary/aromatic N) is 2. The minimum absolute atomic E-state index is 0.759. The van der Waals surface area contributed by atoms with Crippen LogP contribution in [0.25, 0.3) is 0 Å². The normalized spacial score (nSPS) is 21.5. The zero-order valence-corrected chi connectivity index (χ0v) is 8.95. The van der Waals surface area contributed by atoms with Crippen molar-refractivity contribution in [3.8, 4) is 0 Å². The van der Waals surface area contributed by atoms with E-state index in [1.165, 1.54) is 6.42 Å². The van der Waals surface area contributed by atoms with Crippen molar-refractivity contribution >= 4 is 17.4 Å². The van der Waals surface area contributed by atoms with Gasteiger partial charge in [0.25, 0.3) is 0 Å². The Hall–Kier alpha value is -0.760. The monoisotopic (exact) mass is 210 g/mol. The Morgan fingerprint density at radius 3 is 3.14 bits per heavy atom. The van der Waals surface area contributed by atoms with Crippen molar-refractivity contribution in [3.05, 3.63) is 24.4 Å². The minimum Gasteiger partial charge on any atom is -0.356 e. The van der Waals surface area contributed by atoms with Crippen molar-refractivity contribution in [3.63, 3.8) is 0 Å². The largest absolute Gasteiger partial charge is 0.356 e. The van der Waals surface area contributed by atoms with E-state index in [4.69, 9.17) is 11.6 Å². The van der Waals surface area contributed by atoms with Crippen LogP contribution in [-0.4, -0.2) is 24.0 Å². The number of pyridine rings is 1. The molecule has 1 atom stereocenters. The van der Waals surface area contributed by atoms with Gasteiger partial charge in [-0.15, -0.1) is 11.6 Å². The van der Waals surface area contributed by atoms with Gasteiger partial charge in [0, 0.05) is 25.2 Å². The number of anilines is 1. The molecule has 0 radical (unpaired) electrons. The number of halogens is 1. The van der Waals surface area contributed by atoms with Crippen LogP contribution in [0.15, 0.2) is 24.4 Å². The van der Waals surface area contributed by atoms with Crippen molar-refractivity contribution < 1.29 is 0 Å². The summed E-state index contributed by atoms with van der Waals surface area (Å²) in [6.45, 7) is 2.24. The molecule has 0 aromatic carbocycles. The SMILES string of the molecule is ClCCC1CCN(c2ccccn2)C1.